The van der Waals surface area contributed by atoms with Crippen LogP contribution in [0.3, 0.4) is 0 Å². The van der Waals surface area contributed by atoms with Crippen molar-refractivity contribution in [2.24, 2.45) is 39.5 Å². The van der Waals surface area contributed by atoms with E-state index in [2.05, 4.69) is 25.2 Å². The Hall–Kier alpha value is -1.49. The van der Waals surface area contributed by atoms with E-state index in [1.54, 1.807) is 12.5 Å². The van der Waals surface area contributed by atoms with Crippen LogP contribution in [-0.4, -0.2) is 36.3 Å². The lowest BCUT2D eigenvalue weighted by Crippen LogP contribution is -2.51. The predicted molar refractivity (Wildman–Crippen MR) is 121 cm³/mol. The van der Waals surface area contributed by atoms with Crippen molar-refractivity contribution in [3.8, 4) is 0 Å². The minimum Gasteiger partial charge on any atom is -0.462 e. The van der Waals surface area contributed by atoms with Gasteiger partial charge in [-0.3, -0.25) is 19.9 Å². The fourth-order valence-electron chi connectivity index (χ4n) is 8.42. The predicted octanol–water partition coefficient (Wildman–Crippen LogP) is 4.46. The summed E-state index contributed by atoms with van der Waals surface area (Å²) in [6, 6.07) is 0. The molecule has 31 heavy (non-hydrogen) atoms. The summed E-state index contributed by atoms with van der Waals surface area (Å²) in [5.41, 5.74) is 3.39. The van der Waals surface area contributed by atoms with Crippen molar-refractivity contribution >= 4 is 17.5 Å². The van der Waals surface area contributed by atoms with Crippen LogP contribution in [0.2, 0.25) is 0 Å². The Morgan fingerprint density at radius 2 is 1.90 bits per heavy atom. The quantitative estimate of drug-likeness (QED) is 0.535. The second-order valence-corrected chi connectivity index (χ2v) is 11.4. The Morgan fingerprint density at radius 1 is 1.10 bits per heavy atom. The number of hydrogen-bond donors (Lipinski definition) is 1. The van der Waals surface area contributed by atoms with Crippen molar-refractivity contribution in [3.63, 3.8) is 0 Å². The number of esters is 1. The molecule has 8 atom stereocenters. The first-order valence-electron chi connectivity index (χ1n) is 12.4. The highest BCUT2D eigenvalue weighted by molar-refractivity contribution is 5.95. The molecule has 3 fully saturated rings. The molecule has 0 aromatic heterocycles. The monoisotopic (exact) mass is 426 g/mol. The maximum absolute atomic E-state index is 11.8. The summed E-state index contributed by atoms with van der Waals surface area (Å²) >= 11 is 0. The number of allylic oxidation sites excluding steroid dienone is 1. The summed E-state index contributed by atoms with van der Waals surface area (Å²) in [6.45, 7) is 8.97. The molecule has 5 rings (SSSR count). The van der Waals surface area contributed by atoms with Gasteiger partial charge < -0.3 is 4.74 Å². The molecule has 0 bridgehead atoms. The standard InChI is InChI=1S/C26H38N2O3/c1-15(29)24-27-14-23(28-24)22-8-7-20-19-6-5-17-13-18(31-16(2)30)9-11-25(17,3)21(19)10-12-26(20,22)4/h5,18-22,24,27H,6-14H2,1-4H3/t18-,19-,20-,21-,22+,24?,25-,26-/m0/s1. The lowest BCUT2D eigenvalue weighted by Gasteiger charge is -2.58. The normalized spacial score (nSPS) is 46.3. The molecule has 1 N–H and O–H groups in total. The molecule has 5 heteroatoms. The van der Waals surface area contributed by atoms with E-state index in [4.69, 9.17) is 9.73 Å². The van der Waals surface area contributed by atoms with E-state index >= 15 is 0 Å². The van der Waals surface area contributed by atoms with Gasteiger partial charge in [-0.2, -0.15) is 0 Å². The molecule has 5 nitrogen and oxygen atoms in total. The molecule has 5 aliphatic rings. The Morgan fingerprint density at radius 3 is 2.61 bits per heavy atom. The number of ketones is 1. The molecule has 0 aromatic rings. The highest BCUT2D eigenvalue weighted by Gasteiger charge is 2.59. The number of Topliss-reactive ketones (excluding diaryl/α,β-unsaturated/α-hetero) is 1. The molecular weight excluding hydrogens is 388 g/mol. The van der Waals surface area contributed by atoms with Crippen molar-refractivity contribution in [3.05, 3.63) is 11.6 Å². The summed E-state index contributed by atoms with van der Waals surface area (Å²) < 4.78 is 5.58. The van der Waals surface area contributed by atoms with Gasteiger partial charge in [0.05, 0.1) is 0 Å². The van der Waals surface area contributed by atoms with E-state index in [1.165, 1.54) is 44.7 Å². The lowest BCUT2D eigenvalue weighted by molar-refractivity contribution is -0.148. The van der Waals surface area contributed by atoms with Crippen LogP contribution in [0.5, 0.6) is 0 Å². The Kier molecular flexibility index (Phi) is 5.19. The minimum atomic E-state index is -0.319. The van der Waals surface area contributed by atoms with Gasteiger partial charge in [-0.15, -0.1) is 0 Å². The average molecular weight is 427 g/mol. The molecule has 0 saturated heterocycles. The third-order valence-electron chi connectivity index (χ3n) is 9.95. The van der Waals surface area contributed by atoms with Crippen LogP contribution < -0.4 is 5.32 Å². The van der Waals surface area contributed by atoms with Gasteiger partial charge in [-0.25, -0.2) is 0 Å². The van der Waals surface area contributed by atoms with Gasteiger partial charge in [0.15, 0.2) is 11.9 Å². The number of carbonyl (C=O) groups is 2. The third-order valence-corrected chi connectivity index (χ3v) is 9.95. The van der Waals surface area contributed by atoms with Gasteiger partial charge in [-0.1, -0.05) is 25.5 Å². The molecule has 0 spiro atoms. The molecule has 0 amide bonds. The van der Waals surface area contributed by atoms with Gasteiger partial charge in [0.2, 0.25) is 0 Å². The van der Waals surface area contributed by atoms with Crippen LogP contribution in [-0.2, 0) is 14.3 Å². The molecular formula is C26H38N2O3. The average Bonchev–Trinajstić information content (AvgIpc) is 3.32. The van der Waals surface area contributed by atoms with Gasteiger partial charge >= 0.3 is 5.97 Å². The summed E-state index contributed by atoms with van der Waals surface area (Å²) in [6.07, 6.45) is 11.6. The molecule has 1 aliphatic heterocycles. The van der Waals surface area contributed by atoms with E-state index in [9.17, 15) is 9.59 Å². The summed E-state index contributed by atoms with van der Waals surface area (Å²) in [4.78, 5) is 28.1. The number of rotatable bonds is 3. The third kappa shape index (κ3) is 3.34. The molecule has 4 aliphatic carbocycles. The second-order valence-electron chi connectivity index (χ2n) is 11.4. The molecule has 1 heterocycles. The van der Waals surface area contributed by atoms with Gasteiger partial charge in [0.1, 0.15) is 6.10 Å². The van der Waals surface area contributed by atoms with Crippen molar-refractivity contribution in [1.29, 1.82) is 0 Å². The smallest absolute Gasteiger partial charge is 0.302 e. The van der Waals surface area contributed by atoms with Crippen molar-refractivity contribution in [2.45, 2.75) is 91.3 Å². The Labute approximate surface area is 186 Å². The minimum absolute atomic E-state index is 0.0696. The van der Waals surface area contributed by atoms with Gasteiger partial charge in [0.25, 0.3) is 0 Å². The molecule has 0 aromatic carbocycles. The van der Waals surface area contributed by atoms with Crippen LogP contribution >= 0.6 is 0 Å². The van der Waals surface area contributed by atoms with E-state index < -0.39 is 0 Å². The SMILES string of the molecule is CC(=O)O[C@H]1CC[C@@]2(C)C(=CC[C@H]3[C@@H]4CC[C@H](C5=NC(C(C)=O)NC5)[C@@]4(C)CC[C@@H]32)C1. The Bertz CT molecular complexity index is 848. The number of fused-ring (bicyclic) bond motifs is 5. The molecule has 170 valence electrons. The fourth-order valence-corrected chi connectivity index (χ4v) is 8.42. The van der Waals surface area contributed by atoms with Crippen molar-refractivity contribution < 1.29 is 14.3 Å². The number of aliphatic imine (C=N–C) groups is 1. The summed E-state index contributed by atoms with van der Waals surface area (Å²) in [5, 5.41) is 3.31. The second kappa shape index (κ2) is 7.54. The first-order chi connectivity index (χ1) is 14.7. The number of carbonyl (C=O) groups excluding carboxylic acids is 2. The highest BCUT2D eigenvalue weighted by atomic mass is 16.5. The van der Waals surface area contributed by atoms with Crippen molar-refractivity contribution in [2.75, 3.05) is 6.54 Å². The molecule has 0 radical (unpaired) electrons. The van der Waals surface area contributed by atoms with E-state index in [1.807, 2.05) is 0 Å². The number of hydrogen-bond acceptors (Lipinski definition) is 5. The van der Waals surface area contributed by atoms with Crippen LogP contribution in [0, 0.1) is 34.5 Å². The van der Waals surface area contributed by atoms with Gasteiger partial charge in [-0.05, 0) is 80.5 Å². The largest absolute Gasteiger partial charge is 0.462 e. The zero-order valence-electron chi connectivity index (χ0n) is 19.6. The first kappa shape index (κ1) is 21.4. The number of nitrogens with zero attached hydrogens (tertiary/aromatic N) is 1. The molecule has 1 unspecified atom stereocenters. The van der Waals surface area contributed by atoms with Crippen LogP contribution in [0.4, 0.5) is 0 Å². The van der Waals surface area contributed by atoms with E-state index in [0.717, 1.165) is 43.6 Å². The van der Waals surface area contributed by atoms with Gasteiger partial charge in [0, 0.05) is 31.5 Å². The van der Waals surface area contributed by atoms with Crippen LogP contribution in [0.1, 0.15) is 79.1 Å². The number of ether oxygens (including phenoxy) is 1. The topological polar surface area (TPSA) is 67.8 Å². The zero-order valence-corrected chi connectivity index (χ0v) is 19.6. The van der Waals surface area contributed by atoms with E-state index in [-0.39, 0.29) is 29.4 Å². The van der Waals surface area contributed by atoms with Crippen molar-refractivity contribution in [1.82, 2.24) is 5.32 Å². The first-order valence-corrected chi connectivity index (χ1v) is 12.4. The lowest BCUT2D eigenvalue weighted by atomic mass is 9.47. The Balaban J connectivity index is 1.37. The summed E-state index contributed by atoms with van der Waals surface area (Å²) in [7, 11) is 0. The highest BCUT2D eigenvalue weighted by Crippen LogP contribution is 2.66. The van der Waals surface area contributed by atoms with Crippen LogP contribution in [0.25, 0.3) is 0 Å². The fraction of sp³-hybridized carbons (Fsp3) is 0.808. The maximum atomic E-state index is 11.8. The summed E-state index contributed by atoms with van der Waals surface area (Å²) in [5.74, 6) is 2.74. The zero-order chi connectivity index (χ0) is 22.0. The molecule has 3 saturated carbocycles. The number of nitrogens with one attached hydrogen (secondary N) is 1. The maximum Gasteiger partial charge on any atom is 0.302 e. The van der Waals surface area contributed by atoms with E-state index in [0.29, 0.717) is 11.3 Å². The van der Waals surface area contributed by atoms with Crippen LogP contribution in [0.15, 0.2) is 16.6 Å².